The molecule has 0 unspecified atom stereocenters. The standard InChI is InChI=1S/C30H50O6/c1-4-6-8-10-12-14-16-20-24-34-30(3,35-25-21-17-15-13-11-9-7-5-2)36-29(33)27-23-19-18-22-26(27)28(31)32/h18-19,22-23H,4-17,20-21,24-25H2,1-3H3,(H,31,32). The van der Waals surface area contributed by atoms with Gasteiger partial charge in [-0.2, -0.15) is 0 Å². The highest BCUT2D eigenvalue weighted by atomic mass is 16.9. The van der Waals surface area contributed by atoms with Crippen molar-refractivity contribution in [2.45, 2.75) is 129 Å². The number of esters is 1. The molecule has 1 aromatic rings. The molecule has 0 aliphatic carbocycles. The van der Waals surface area contributed by atoms with Crippen molar-refractivity contribution in [2.75, 3.05) is 13.2 Å². The van der Waals surface area contributed by atoms with Gasteiger partial charge in [-0.05, 0) is 25.0 Å². The van der Waals surface area contributed by atoms with Crippen LogP contribution in [0.1, 0.15) is 144 Å². The van der Waals surface area contributed by atoms with Gasteiger partial charge in [-0.3, -0.25) is 0 Å². The van der Waals surface area contributed by atoms with Crippen molar-refractivity contribution in [2.24, 2.45) is 0 Å². The van der Waals surface area contributed by atoms with Gasteiger partial charge in [-0.15, -0.1) is 0 Å². The summed E-state index contributed by atoms with van der Waals surface area (Å²) in [5, 5.41) is 9.43. The lowest BCUT2D eigenvalue weighted by Gasteiger charge is -2.29. The number of ether oxygens (including phenoxy) is 3. The number of rotatable bonds is 23. The highest BCUT2D eigenvalue weighted by Crippen LogP contribution is 2.21. The second kappa shape index (κ2) is 20.2. The van der Waals surface area contributed by atoms with Crippen LogP contribution >= 0.6 is 0 Å². The van der Waals surface area contributed by atoms with Crippen molar-refractivity contribution in [1.29, 1.82) is 0 Å². The highest BCUT2D eigenvalue weighted by Gasteiger charge is 2.33. The fourth-order valence-corrected chi connectivity index (χ4v) is 4.16. The molecule has 0 heterocycles. The number of benzene rings is 1. The second-order valence-corrected chi connectivity index (χ2v) is 9.75. The average Bonchev–Trinajstić information content (AvgIpc) is 2.86. The molecular weight excluding hydrogens is 456 g/mol. The lowest BCUT2D eigenvalue weighted by molar-refractivity contribution is -0.345. The summed E-state index contributed by atoms with van der Waals surface area (Å²) in [6, 6.07) is 6.03. The van der Waals surface area contributed by atoms with Crippen molar-refractivity contribution in [1.82, 2.24) is 0 Å². The van der Waals surface area contributed by atoms with Crippen molar-refractivity contribution >= 4 is 11.9 Å². The normalized spacial score (nSPS) is 11.5. The zero-order valence-corrected chi connectivity index (χ0v) is 23.0. The first-order chi connectivity index (χ1) is 17.4. The van der Waals surface area contributed by atoms with E-state index >= 15 is 0 Å². The molecule has 1 aromatic carbocycles. The summed E-state index contributed by atoms with van der Waals surface area (Å²) in [7, 11) is 0. The SMILES string of the molecule is CCCCCCCCCCOC(C)(OCCCCCCCCCC)OC(=O)c1ccccc1C(=O)O. The van der Waals surface area contributed by atoms with Crippen molar-refractivity contribution in [3.63, 3.8) is 0 Å². The van der Waals surface area contributed by atoms with Crippen LogP contribution in [0.4, 0.5) is 0 Å². The Hall–Kier alpha value is -1.92. The molecule has 6 heteroatoms. The summed E-state index contributed by atoms with van der Waals surface area (Å²) >= 11 is 0. The van der Waals surface area contributed by atoms with E-state index in [0.717, 1.165) is 38.5 Å². The minimum atomic E-state index is -1.55. The van der Waals surface area contributed by atoms with E-state index in [9.17, 15) is 14.7 Å². The average molecular weight is 507 g/mol. The molecule has 0 amide bonds. The molecule has 0 bridgehead atoms. The lowest BCUT2D eigenvalue weighted by Crippen LogP contribution is -2.39. The summed E-state index contributed by atoms with van der Waals surface area (Å²) < 4.78 is 17.5. The molecule has 0 radical (unpaired) electrons. The Morgan fingerprint density at radius 1 is 0.667 bits per heavy atom. The number of carbonyl (C=O) groups excluding carboxylic acids is 1. The molecule has 36 heavy (non-hydrogen) atoms. The fraction of sp³-hybridized carbons (Fsp3) is 0.733. The first-order valence-electron chi connectivity index (χ1n) is 14.3. The summed E-state index contributed by atoms with van der Waals surface area (Å²) in [6.07, 6.45) is 18.8. The van der Waals surface area contributed by atoms with Crippen LogP contribution in [0, 0.1) is 0 Å². The van der Waals surface area contributed by atoms with Crippen LogP contribution in [0.25, 0.3) is 0 Å². The molecular formula is C30H50O6. The maximum absolute atomic E-state index is 12.9. The Morgan fingerprint density at radius 3 is 1.47 bits per heavy atom. The molecule has 1 rings (SSSR count). The zero-order chi connectivity index (χ0) is 26.5. The third-order valence-corrected chi connectivity index (χ3v) is 6.38. The van der Waals surface area contributed by atoms with Crippen molar-refractivity contribution in [3.8, 4) is 0 Å². The van der Waals surface area contributed by atoms with Crippen molar-refractivity contribution in [3.05, 3.63) is 35.4 Å². The summed E-state index contributed by atoms with van der Waals surface area (Å²) in [5.41, 5.74) is -0.112. The monoisotopic (exact) mass is 506 g/mol. The van der Waals surface area contributed by atoms with E-state index in [1.165, 1.54) is 76.3 Å². The number of carbonyl (C=O) groups is 2. The first-order valence-corrected chi connectivity index (χ1v) is 14.3. The van der Waals surface area contributed by atoms with Gasteiger partial charge in [0.2, 0.25) is 0 Å². The Bertz CT molecular complexity index is 695. The molecule has 0 aromatic heterocycles. The van der Waals surface area contributed by atoms with Gasteiger partial charge in [0.1, 0.15) is 0 Å². The van der Waals surface area contributed by atoms with E-state index in [2.05, 4.69) is 13.8 Å². The molecule has 206 valence electrons. The van der Waals surface area contributed by atoms with E-state index in [0.29, 0.717) is 13.2 Å². The van der Waals surface area contributed by atoms with Gasteiger partial charge in [0.25, 0.3) is 0 Å². The number of hydrogen-bond acceptors (Lipinski definition) is 5. The number of aromatic carboxylic acids is 1. The van der Waals surface area contributed by atoms with E-state index in [4.69, 9.17) is 14.2 Å². The van der Waals surface area contributed by atoms with Gasteiger partial charge in [0, 0.05) is 6.92 Å². The van der Waals surface area contributed by atoms with Crippen LogP contribution in [0.2, 0.25) is 0 Å². The topological polar surface area (TPSA) is 82.1 Å². The predicted molar refractivity (Wildman–Crippen MR) is 144 cm³/mol. The Balaban J connectivity index is 2.55. The van der Waals surface area contributed by atoms with E-state index in [1.807, 2.05) is 0 Å². The third-order valence-electron chi connectivity index (χ3n) is 6.38. The van der Waals surface area contributed by atoms with E-state index in [1.54, 1.807) is 19.1 Å². The van der Waals surface area contributed by atoms with Gasteiger partial charge < -0.3 is 19.3 Å². The Morgan fingerprint density at radius 2 is 1.06 bits per heavy atom. The minimum absolute atomic E-state index is 0.0115. The molecule has 0 aliphatic rings. The van der Waals surface area contributed by atoms with Gasteiger partial charge in [0.15, 0.2) is 0 Å². The smallest absolute Gasteiger partial charge is 0.343 e. The van der Waals surface area contributed by atoms with Crippen LogP contribution in [0.15, 0.2) is 24.3 Å². The first kappa shape index (κ1) is 32.1. The quantitative estimate of drug-likeness (QED) is 0.0909. The van der Waals surface area contributed by atoms with Gasteiger partial charge in [-0.1, -0.05) is 116 Å². The highest BCUT2D eigenvalue weighted by molar-refractivity contribution is 6.02. The molecule has 0 fully saturated rings. The molecule has 0 saturated heterocycles. The largest absolute Gasteiger partial charge is 0.478 e. The molecule has 0 spiro atoms. The van der Waals surface area contributed by atoms with Crippen LogP contribution in [-0.4, -0.2) is 36.2 Å². The minimum Gasteiger partial charge on any atom is -0.478 e. The molecule has 0 aliphatic heterocycles. The predicted octanol–water partition coefficient (Wildman–Crippen LogP) is 8.53. The number of hydrogen-bond donors (Lipinski definition) is 1. The Labute approximate surface area is 219 Å². The van der Waals surface area contributed by atoms with E-state index in [-0.39, 0.29) is 11.1 Å². The lowest BCUT2D eigenvalue weighted by atomic mass is 10.1. The summed E-state index contributed by atoms with van der Waals surface area (Å²) in [6.45, 7) is 6.87. The number of unbranched alkanes of at least 4 members (excludes halogenated alkanes) is 14. The van der Waals surface area contributed by atoms with Crippen LogP contribution in [0.5, 0.6) is 0 Å². The van der Waals surface area contributed by atoms with Crippen molar-refractivity contribution < 1.29 is 28.9 Å². The van der Waals surface area contributed by atoms with Gasteiger partial charge >= 0.3 is 17.9 Å². The third kappa shape index (κ3) is 14.6. The zero-order valence-electron chi connectivity index (χ0n) is 23.0. The molecule has 6 nitrogen and oxygen atoms in total. The Kier molecular flexibility index (Phi) is 18.0. The number of carboxylic acids is 1. The molecule has 0 saturated carbocycles. The van der Waals surface area contributed by atoms with Crippen LogP contribution in [0.3, 0.4) is 0 Å². The summed E-state index contributed by atoms with van der Waals surface area (Å²) in [5.74, 6) is -3.49. The van der Waals surface area contributed by atoms with Crippen LogP contribution in [-0.2, 0) is 14.2 Å². The molecule has 0 atom stereocenters. The summed E-state index contributed by atoms with van der Waals surface area (Å²) in [4.78, 5) is 24.4. The van der Waals surface area contributed by atoms with Gasteiger partial charge in [-0.25, -0.2) is 9.59 Å². The maximum atomic E-state index is 12.9. The maximum Gasteiger partial charge on any atom is 0.343 e. The number of carboxylic acid groups (broad SMARTS) is 1. The van der Waals surface area contributed by atoms with Gasteiger partial charge in [0.05, 0.1) is 24.3 Å². The molecule has 1 N–H and O–H groups in total. The van der Waals surface area contributed by atoms with Crippen LogP contribution < -0.4 is 0 Å². The second-order valence-electron chi connectivity index (χ2n) is 9.75. The van der Waals surface area contributed by atoms with E-state index < -0.39 is 17.9 Å². The fourth-order valence-electron chi connectivity index (χ4n) is 4.16.